The van der Waals surface area contributed by atoms with Crippen molar-refractivity contribution in [3.8, 4) is 5.75 Å². The molecule has 5 nitrogen and oxygen atoms in total. The number of benzene rings is 1. The van der Waals surface area contributed by atoms with Gasteiger partial charge >= 0.3 is 12.0 Å². The number of ether oxygens (including phenoxy) is 1. The maximum absolute atomic E-state index is 14.0. The third-order valence-electron chi connectivity index (χ3n) is 3.91. The summed E-state index contributed by atoms with van der Waals surface area (Å²) in [6, 6.07) is 9.40. The maximum Gasteiger partial charge on any atom is 0.482 e. The number of nitrogens with one attached hydrogen (secondary N) is 1. The largest absolute Gasteiger partial charge is 0.482 e. The fraction of sp³-hybridized carbons (Fsp3) is 0.350. The van der Waals surface area contributed by atoms with Crippen LogP contribution < -0.4 is 10.1 Å². The molecule has 27 heavy (non-hydrogen) atoms. The van der Waals surface area contributed by atoms with E-state index in [0.29, 0.717) is 5.56 Å². The van der Waals surface area contributed by atoms with Gasteiger partial charge in [-0.3, -0.25) is 14.6 Å². The summed E-state index contributed by atoms with van der Waals surface area (Å²) in [5.74, 6) is -2.40. The fourth-order valence-corrected chi connectivity index (χ4v) is 2.34. The molecule has 1 amide bonds. The van der Waals surface area contributed by atoms with Gasteiger partial charge in [0, 0.05) is 6.20 Å². The van der Waals surface area contributed by atoms with Gasteiger partial charge in [0.25, 0.3) is 0 Å². The van der Waals surface area contributed by atoms with Crippen LogP contribution in [0, 0.1) is 6.92 Å². The van der Waals surface area contributed by atoms with Crippen molar-refractivity contribution in [3.63, 3.8) is 0 Å². The number of carbonyl (C=O) groups is 2. The molecule has 0 aliphatic carbocycles. The zero-order valence-electron chi connectivity index (χ0n) is 15.7. The Kier molecular flexibility index (Phi) is 5.93. The van der Waals surface area contributed by atoms with Gasteiger partial charge in [0.1, 0.15) is 11.4 Å². The minimum Gasteiger partial charge on any atom is -0.425 e. The Labute approximate surface area is 156 Å². The molecule has 1 aromatic heterocycles. The molecule has 144 valence electrons. The summed E-state index contributed by atoms with van der Waals surface area (Å²) in [5.41, 5.74) is 1.53. The molecule has 0 bridgehead atoms. The average molecular weight is 376 g/mol. The molecule has 7 heteroatoms. The number of ketones is 1. The number of nitrogens with zero attached hydrogens (tertiary/aromatic N) is 1. The highest BCUT2D eigenvalue weighted by Gasteiger charge is 2.42. The molecule has 1 heterocycles. The smallest absolute Gasteiger partial charge is 0.425 e. The standard InChI is InChI=1S/C20H22F2N2O3/c1-13-6-5-11-23-17(13)16(25)12-24-18(26)20(21,22)27-15-9-7-14(8-10-15)19(2,3)4/h5-11H,12H2,1-4H3,(H,24,26). The second-order valence-corrected chi connectivity index (χ2v) is 7.17. The number of hydrogen-bond donors (Lipinski definition) is 1. The first-order chi connectivity index (χ1) is 12.5. The van der Waals surface area contributed by atoms with Gasteiger partial charge in [0.2, 0.25) is 5.78 Å². The van der Waals surface area contributed by atoms with Crippen molar-refractivity contribution in [1.82, 2.24) is 10.3 Å². The highest BCUT2D eigenvalue weighted by molar-refractivity contribution is 5.99. The number of aryl methyl sites for hydroxylation is 1. The Morgan fingerprint density at radius 1 is 1.11 bits per heavy atom. The molecule has 0 aliphatic heterocycles. The van der Waals surface area contributed by atoms with E-state index in [9.17, 15) is 18.4 Å². The predicted molar refractivity (Wildman–Crippen MR) is 97.0 cm³/mol. The summed E-state index contributed by atoms with van der Waals surface area (Å²) in [4.78, 5) is 27.7. The number of alkyl halides is 2. The summed E-state index contributed by atoms with van der Waals surface area (Å²) < 4.78 is 32.5. The van der Waals surface area contributed by atoms with E-state index in [2.05, 4.69) is 9.72 Å². The summed E-state index contributed by atoms with van der Waals surface area (Å²) in [7, 11) is 0. The molecule has 0 saturated carbocycles. The molecule has 2 rings (SSSR count). The van der Waals surface area contributed by atoms with Crippen molar-refractivity contribution < 1.29 is 23.1 Å². The Hall–Kier alpha value is -2.83. The number of aromatic nitrogens is 1. The third kappa shape index (κ3) is 5.32. The molecule has 0 saturated heterocycles. The van der Waals surface area contributed by atoms with Gasteiger partial charge in [-0.1, -0.05) is 39.0 Å². The molecule has 0 aliphatic rings. The first-order valence-corrected chi connectivity index (χ1v) is 8.41. The number of carbonyl (C=O) groups excluding carboxylic acids is 2. The zero-order valence-corrected chi connectivity index (χ0v) is 15.7. The van der Waals surface area contributed by atoms with Crippen LogP contribution in [0.4, 0.5) is 8.78 Å². The minimum absolute atomic E-state index is 0.125. The molecule has 0 spiro atoms. The predicted octanol–water partition coefficient (Wildman–Crippen LogP) is 3.66. The lowest BCUT2D eigenvalue weighted by Gasteiger charge is -2.20. The number of amides is 1. The summed E-state index contributed by atoms with van der Waals surface area (Å²) in [5, 5.41) is 1.90. The highest BCUT2D eigenvalue weighted by atomic mass is 19.3. The van der Waals surface area contributed by atoms with Crippen LogP contribution in [0.25, 0.3) is 0 Å². The molecule has 2 aromatic rings. The fourth-order valence-electron chi connectivity index (χ4n) is 2.34. The number of hydrogen-bond acceptors (Lipinski definition) is 4. The quantitative estimate of drug-likeness (QED) is 0.782. The zero-order chi connectivity index (χ0) is 20.2. The van der Waals surface area contributed by atoms with Crippen LogP contribution >= 0.6 is 0 Å². The topological polar surface area (TPSA) is 68.3 Å². The third-order valence-corrected chi connectivity index (χ3v) is 3.91. The van der Waals surface area contributed by atoms with E-state index in [-0.39, 0.29) is 16.9 Å². The van der Waals surface area contributed by atoms with Crippen molar-refractivity contribution in [2.75, 3.05) is 6.54 Å². The molecule has 0 unspecified atom stereocenters. The summed E-state index contributed by atoms with van der Waals surface area (Å²) in [6.07, 6.45) is -2.69. The number of halogens is 2. The van der Waals surface area contributed by atoms with Crippen LogP contribution in [0.2, 0.25) is 0 Å². The maximum atomic E-state index is 14.0. The Morgan fingerprint density at radius 3 is 2.30 bits per heavy atom. The van der Waals surface area contributed by atoms with Crippen molar-refractivity contribution >= 4 is 11.7 Å². The van der Waals surface area contributed by atoms with E-state index < -0.39 is 24.3 Å². The first-order valence-electron chi connectivity index (χ1n) is 8.41. The minimum atomic E-state index is -4.11. The number of rotatable bonds is 6. The van der Waals surface area contributed by atoms with E-state index >= 15 is 0 Å². The molecule has 0 atom stereocenters. The van der Waals surface area contributed by atoms with E-state index in [0.717, 1.165) is 5.56 Å². The molecule has 1 aromatic carbocycles. The Balaban J connectivity index is 1.98. The van der Waals surface area contributed by atoms with Crippen molar-refractivity contribution in [3.05, 3.63) is 59.4 Å². The SMILES string of the molecule is Cc1cccnc1C(=O)CNC(=O)C(F)(F)Oc1ccc(C(C)(C)C)cc1. The van der Waals surface area contributed by atoms with Crippen LogP contribution in [0.5, 0.6) is 5.75 Å². The van der Waals surface area contributed by atoms with Crippen molar-refractivity contribution in [2.24, 2.45) is 0 Å². The molecular formula is C20H22F2N2O3. The molecule has 0 fully saturated rings. The second-order valence-electron chi connectivity index (χ2n) is 7.17. The van der Waals surface area contributed by atoms with Crippen molar-refractivity contribution in [2.45, 2.75) is 39.2 Å². The van der Waals surface area contributed by atoms with Gasteiger partial charge in [-0.25, -0.2) is 0 Å². The number of pyridine rings is 1. The van der Waals surface area contributed by atoms with Gasteiger partial charge in [0.15, 0.2) is 0 Å². The normalized spacial score (nSPS) is 11.8. The average Bonchev–Trinajstić information content (AvgIpc) is 2.59. The van der Waals surface area contributed by atoms with E-state index in [1.54, 1.807) is 31.2 Å². The van der Waals surface area contributed by atoms with Crippen LogP contribution in [0.3, 0.4) is 0 Å². The van der Waals surface area contributed by atoms with Gasteiger partial charge in [0.05, 0.1) is 6.54 Å². The van der Waals surface area contributed by atoms with Gasteiger partial charge < -0.3 is 10.1 Å². The second kappa shape index (κ2) is 7.82. The van der Waals surface area contributed by atoms with Crippen LogP contribution in [-0.4, -0.2) is 29.3 Å². The lowest BCUT2D eigenvalue weighted by atomic mass is 9.87. The highest BCUT2D eigenvalue weighted by Crippen LogP contribution is 2.27. The number of Topliss-reactive ketones (excluding diaryl/α,β-unsaturated/α-hetero) is 1. The van der Waals surface area contributed by atoms with E-state index in [1.165, 1.54) is 18.3 Å². The lowest BCUT2D eigenvalue weighted by Crippen LogP contribution is -2.46. The summed E-state index contributed by atoms with van der Waals surface area (Å²) >= 11 is 0. The molecule has 1 N–H and O–H groups in total. The van der Waals surface area contributed by atoms with Crippen molar-refractivity contribution in [1.29, 1.82) is 0 Å². The van der Waals surface area contributed by atoms with E-state index in [4.69, 9.17) is 0 Å². The van der Waals surface area contributed by atoms with Crippen LogP contribution in [-0.2, 0) is 10.2 Å². The summed E-state index contributed by atoms with van der Waals surface area (Å²) in [6.45, 7) is 7.04. The monoisotopic (exact) mass is 376 g/mol. The van der Waals surface area contributed by atoms with E-state index in [1.807, 2.05) is 26.1 Å². The molecule has 0 radical (unpaired) electrons. The van der Waals surface area contributed by atoms with Gasteiger partial charge in [-0.05, 0) is 41.7 Å². The Bertz CT molecular complexity index is 828. The van der Waals surface area contributed by atoms with Gasteiger partial charge in [-0.2, -0.15) is 8.78 Å². The van der Waals surface area contributed by atoms with Crippen LogP contribution in [0.15, 0.2) is 42.6 Å². The first kappa shape index (κ1) is 20.5. The van der Waals surface area contributed by atoms with Gasteiger partial charge in [-0.15, -0.1) is 0 Å². The van der Waals surface area contributed by atoms with Crippen LogP contribution in [0.1, 0.15) is 42.4 Å². The lowest BCUT2D eigenvalue weighted by molar-refractivity contribution is -0.192. The molecular weight excluding hydrogens is 354 g/mol. The Morgan fingerprint density at radius 2 is 1.74 bits per heavy atom.